The molecule has 1 aliphatic heterocycles. The van der Waals surface area contributed by atoms with Crippen LogP contribution in [0.5, 0.6) is 0 Å². The maximum Gasteiger partial charge on any atom is 0.243 e. The number of nitrogens with zero attached hydrogens (tertiary/aromatic N) is 2. The van der Waals surface area contributed by atoms with Crippen LogP contribution in [0.25, 0.3) is 0 Å². The second-order valence-corrected chi connectivity index (χ2v) is 6.75. The molecule has 1 N–H and O–H groups in total. The van der Waals surface area contributed by atoms with Crippen molar-refractivity contribution in [3.8, 4) is 11.8 Å². The molecule has 0 atom stereocenters. The van der Waals surface area contributed by atoms with Gasteiger partial charge in [0.1, 0.15) is 12.4 Å². The molecule has 1 saturated heterocycles. The fourth-order valence-corrected chi connectivity index (χ4v) is 3.50. The van der Waals surface area contributed by atoms with Crippen LogP contribution in [0.15, 0.2) is 23.1 Å². The molecule has 1 fully saturated rings. The summed E-state index contributed by atoms with van der Waals surface area (Å²) in [4.78, 5) is 1.97. The minimum Gasteiger partial charge on any atom is -0.384 e. The predicted molar refractivity (Wildman–Crippen MR) is 76.6 cm³/mol. The zero-order valence-corrected chi connectivity index (χ0v) is 12.5. The molecule has 21 heavy (non-hydrogen) atoms. The standard InChI is InChI=1S/C14H17FN2O3S/c1-16-6-8-17(9-7-16)21(19,20)13-5-4-12(3-2-10-18)14(15)11-13/h4-5,11,18H,6-10H2,1H3. The third-order valence-electron chi connectivity index (χ3n) is 3.34. The third-order valence-corrected chi connectivity index (χ3v) is 5.24. The molecule has 114 valence electrons. The summed E-state index contributed by atoms with van der Waals surface area (Å²) in [5.41, 5.74) is 0.0707. The SMILES string of the molecule is CN1CCN(S(=O)(=O)c2ccc(C#CCO)c(F)c2)CC1. The average Bonchev–Trinajstić information content (AvgIpc) is 2.46. The molecule has 0 unspecified atom stereocenters. The van der Waals surface area contributed by atoms with Crippen molar-refractivity contribution in [1.29, 1.82) is 0 Å². The molecule has 7 heteroatoms. The maximum absolute atomic E-state index is 13.9. The fourth-order valence-electron chi connectivity index (χ4n) is 2.07. The number of hydrogen-bond acceptors (Lipinski definition) is 4. The number of sulfonamides is 1. The Bertz CT molecular complexity index is 671. The van der Waals surface area contributed by atoms with Crippen LogP contribution in [0.3, 0.4) is 0 Å². The van der Waals surface area contributed by atoms with Crippen molar-refractivity contribution in [3.05, 3.63) is 29.6 Å². The van der Waals surface area contributed by atoms with Crippen LogP contribution in [0.1, 0.15) is 5.56 Å². The van der Waals surface area contributed by atoms with E-state index < -0.39 is 15.8 Å². The van der Waals surface area contributed by atoms with Gasteiger partial charge in [-0.25, -0.2) is 12.8 Å². The highest BCUT2D eigenvalue weighted by Crippen LogP contribution is 2.19. The van der Waals surface area contributed by atoms with E-state index in [1.807, 2.05) is 11.9 Å². The average molecular weight is 312 g/mol. The molecule has 5 nitrogen and oxygen atoms in total. The minimum atomic E-state index is -3.68. The van der Waals surface area contributed by atoms with Crippen LogP contribution < -0.4 is 0 Å². The number of rotatable bonds is 2. The number of benzene rings is 1. The summed E-state index contributed by atoms with van der Waals surface area (Å²) in [5, 5.41) is 8.59. The van der Waals surface area contributed by atoms with Crippen molar-refractivity contribution in [2.45, 2.75) is 4.90 Å². The van der Waals surface area contributed by atoms with Crippen molar-refractivity contribution >= 4 is 10.0 Å². The van der Waals surface area contributed by atoms with Gasteiger partial charge in [0.05, 0.1) is 10.5 Å². The van der Waals surface area contributed by atoms with Crippen molar-refractivity contribution < 1.29 is 17.9 Å². The molecule has 0 spiro atoms. The Kier molecular flexibility index (Phi) is 4.96. The first-order valence-electron chi connectivity index (χ1n) is 6.53. The molecular formula is C14H17FN2O3S. The van der Waals surface area contributed by atoms with Crippen LogP contribution in [0.4, 0.5) is 4.39 Å². The van der Waals surface area contributed by atoms with E-state index in [2.05, 4.69) is 11.8 Å². The molecular weight excluding hydrogens is 295 g/mol. The maximum atomic E-state index is 13.9. The first-order chi connectivity index (χ1) is 9.95. The van der Waals surface area contributed by atoms with Crippen LogP contribution >= 0.6 is 0 Å². The molecule has 1 aliphatic rings. The van der Waals surface area contributed by atoms with Gasteiger partial charge in [-0.2, -0.15) is 4.31 Å². The van der Waals surface area contributed by atoms with Crippen LogP contribution in [0.2, 0.25) is 0 Å². The Labute approximate surface area is 124 Å². The summed E-state index contributed by atoms with van der Waals surface area (Å²) in [6.07, 6.45) is 0. The lowest BCUT2D eigenvalue weighted by Crippen LogP contribution is -2.47. The van der Waals surface area contributed by atoms with E-state index in [4.69, 9.17) is 5.11 Å². The largest absolute Gasteiger partial charge is 0.384 e. The number of piperazine rings is 1. The number of aliphatic hydroxyl groups excluding tert-OH is 1. The molecule has 1 aromatic rings. The van der Waals surface area contributed by atoms with E-state index in [9.17, 15) is 12.8 Å². The molecule has 1 heterocycles. The van der Waals surface area contributed by atoms with E-state index in [0.717, 1.165) is 6.07 Å². The van der Waals surface area contributed by atoms with Gasteiger partial charge in [0, 0.05) is 26.2 Å². The minimum absolute atomic E-state index is 0.0703. The summed E-state index contributed by atoms with van der Waals surface area (Å²) in [7, 11) is -1.75. The van der Waals surface area contributed by atoms with E-state index in [1.54, 1.807) is 0 Å². The van der Waals surface area contributed by atoms with Gasteiger partial charge in [0.2, 0.25) is 10.0 Å². The Morgan fingerprint density at radius 3 is 2.52 bits per heavy atom. The highest BCUT2D eigenvalue weighted by Gasteiger charge is 2.27. The van der Waals surface area contributed by atoms with Crippen LogP contribution in [-0.2, 0) is 10.0 Å². The van der Waals surface area contributed by atoms with E-state index in [-0.39, 0.29) is 17.1 Å². The molecule has 0 aromatic heterocycles. The third kappa shape index (κ3) is 3.60. The second-order valence-electron chi connectivity index (χ2n) is 4.81. The normalized spacial score (nSPS) is 17.3. The van der Waals surface area contributed by atoms with Gasteiger partial charge < -0.3 is 10.0 Å². The Morgan fingerprint density at radius 1 is 1.29 bits per heavy atom. The van der Waals surface area contributed by atoms with E-state index in [1.165, 1.54) is 16.4 Å². The fraction of sp³-hybridized carbons (Fsp3) is 0.429. The highest BCUT2D eigenvalue weighted by molar-refractivity contribution is 7.89. The van der Waals surface area contributed by atoms with Crippen molar-refractivity contribution in [2.75, 3.05) is 39.8 Å². The van der Waals surface area contributed by atoms with E-state index in [0.29, 0.717) is 26.2 Å². The topological polar surface area (TPSA) is 60.9 Å². The highest BCUT2D eigenvalue weighted by atomic mass is 32.2. The Morgan fingerprint density at radius 2 is 1.95 bits per heavy atom. The lowest BCUT2D eigenvalue weighted by Gasteiger charge is -2.31. The van der Waals surface area contributed by atoms with Gasteiger partial charge in [-0.1, -0.05) is 11.8 Å². The predicted octanol–water partition coefficient (Wildman–Crippen LogP) is 0.106. The number of halogens is 1. The van der Waals surface area contributed by atoms with Gasteiger partial charge in [0.15, 0.2) is 0 Å². The van der Waals surface area contributed by atoms with Crippen LogP contribution in [0, 0.1) is 17.7 Å². The molecule has 0 amide bonds. The zero-order valence-electron chi connectivity index (χ0n) is 11.7. The lowest BCUT2D eigenvalue weighted by molar-refractivity contribution is 0.222. The molecule has 0 bridgehead atoms. The summed E-state index contributed by atoms with van der Waals surface area (Å²) >= 11 is 0. The molecule has 2 rings (SSSR count). The van der Waals surface area contributed by atoms with Crippen molar-refractivity contribution in [1.82, 2.24) is 9.21 Å². The second kappa shape index (κ2) is 6.54. The summed E-state index contributed by atoms with van der Waals surface area (Å²) in [5.74, 6) is 4.07. The van der Waals surface area contributed by atoms with Gasteiger partial charge in [-0.05, 0) is 25.2 Å². The first-order valence-corrected chi connectivity index (χ1v) is 7.97. The molecule has 0 radical (unpaired) electrons. The first kappa shape index (κ1) is 15.9. The lowest BCUT2D eigenvalue weighted by atomic mass is 10.2. The Hall–Kier alpha value is -1.46. The monoisotopic (exact) mass is 312 g/mol. The number of aliphatic hydroxyl groups is 1. The summed E-state index contributed by atoms with van der Waals surface area (Å²) < 4.78 is 40.1. The smallest absolute Gasteiger partial charge is 0.243 e. The Balaban J connectivity index is 2.26. The molecule has 0 aliphatic carbocycles. The number of likely N-dealkylation sites (N-methyl/N-ethyl adjacent to an activating group) is 1. The van der Waals surface area contributed by atoms with Crippen LogP contribution in [-0.4, -0.2) is 62.6 Å². The number of hydrogen-bond donors (Lipinski definition) is 1. The zero-order chi connectivity index (χ0) is 15.5. The van der Waals surface area contributed by atoms with Gasteiger partial charge in [0.25, 0.3) is 0 Å². The quantitative estimate of drug-likeness (QED) is 0.787. The van der Waals surface area contributed by atoms with Crippen molar-refractivity contribution in [3.63, 3.8) is 0 Å². The molecule has 1 aromatic carbocycles. The van der Waals surface area contributed by atoms with Crippen molar-refractivity contribution in [2.24, 2.45) is 0 Å². The summed E-state index contributed by atoms with van der Waals surface area (Å²) in [6, 6.07) is 3.65. The van der Waals surface area contributed by atoms with Gasteiger partial charge >= 0.3 is 0 Å². The van der Waals surface area contributed by atoms with Gasteiger partial charge in [-0.3, -0.25) is 0 Å². The van der Waals surface area contributed by atoms with E-state index >= 15 is 0 Å². The molecule has 0 saturated carbocycles. The van der Waals surface area contributed by atoms with Gasteiger partial charge in [-0.15, -0.1) is 0 Å². The summed E-state index contributed by atoms with van der Waals surface area (Å²) in [6.45, 7) is 1.73.